The van der Waals surface area contributed by atoms with Crippen LogP contribution in [0.1, 0.15) is 24.5 Å². The van der Waals surface area contributed by atoms with Crippen molar-refractivity contribution in [2.75, 3.05) is 39.5 Å². The monoisotopic (exact) mass is 322 g/mol. The van der Waals surface area contributed by atoms with Crippen molar-refractivity contribution in [1.82, 2.24) is 4.90 Å². The number of hydrogen-bond acceptors (Lipinski definition) is 4. The van der Waals surface area contributed by atoms with Crippen molar-refractivity contribution in [3.63, 3.8) is 0 Å². The van der Waals surface area contributed by atoms with Gasteiger partial charge in [-0.15, -0.1) is 0 Å². The number of carbonyl (C=O) groups is 1. The van der Waals surface area contributed by atoms with Crippen LogP contribution in [0, 0.1) is 11.2 Å². The summed E-state index contributed by atoms with van der Waals surface area (Å²) in [5.41, 5.74) is 6.16. The number of morpholine rings is 1. The smallest absolute Gasteiger partial charge is 0.230 e. The van der Waals surface area contributed by atoms with Gasteiger partial charge in [0.2, 0.25) is 5.91 Å². The van der Waals surface area contributed by atoms with Crippen LogP contribution in [0.2, 0.25) is 0 Å². The summed E-state index contributed by atoms with van der Waals surface area (Å²) in [6.45, 7) is 2.90. The van der Waals surface area contributed by atoms with Gasteiger partial charge in [-0.1, -0.05) is 12.1 Å². The molecule has 0 aromatic heterocycles. The summed E-state index contributed by atoms with van der Waals surface area (Å²) < 4.78 is 24.5. The van der Waals surface area contributed by atoms with Crippen molar-refractivity contribution in [3.8, 4) is 0 Å². The van der Waals surface area contributed by atoms with Crippen molar-refractivity contribution in [3.05, 3.63) is 35.6 Å². The molecule has 2 saturated heterocycles. The standard InChI is InChI=1S/C17H23FN2O3/c18-14-3-1-2-13(10-14)15-11-20(6-9-23-15)16(21)17(12-19)4-7-22-8-5-17/h1-3,10,15H,4-9,11-12,19H2. The third-order valence-corrected chi connectivity index (χ3v) is 4.87. The summed E-state index contributed by atoms with van der Waals surface area (Å²) in [4.78, 5) is 14.8. The molecule has 0 bridgehead atoms. The molecular weight excluding hydrogens is 299 g/mol. The van der Waals surface area contributed by atoms with Gasteiger partial charge in [0.25, 0.3) is 0 Å². The SMILES string of the molecule is NCC1(C(=O)N2CCOC(c3cccc(F)c3)C2)CCOCC1. The van der Waals surface area contributed by atoms with Crippen molar-refractivity contribution >= 4 is 5.91 Å². The summed E-state index contributed by atoms with van der Waals surface area (Å²) >= 11 is 0. The molecule has 2 aliphatic rings. The Morgan fingerprint density at radius 1 is 1.35 bits per heavy atom. The Morgan fingerprint density at radius 3 is 2.83 bits per heavy atom. The Hall–Kier alpha value is -1.50. The summed E-state index contributed by atoms with van der Waals surface area (Å²) in [7, 11) is 0. The van der Waals surface area contributed by atoms with Gasteiger partial charge in [-0.3, -0.25) is 4.79 Å². The van der Waals surface area contributed by atoms with E-state index in [4.69, 9.17) is 15.2 Å². The topological polar surface area (TPSA) is 64.8 Å². The maximum Gasteiger partial charge on any atom is 0.230 e. The van der Waals surface area contributed by atoms with Crippen LogP contribution in [0.25, 0.3) is 0 Å². The van der Waals surface area contributed by atoms with E-state index in [1.807, 2.05) is 11.0 Å². The molecular formula is C17H23FN2O3. The first-order chi connectivity index (χ1) is 11.1. The highest BCUT2D eigenvalue weighted by Gasteiger charge is 2.42. The first-order valence-electron chi connectivity index (χ1n) is 8.09. The van der Waals surface area contributed by atoms with Crippen LogP contribution in [-0.2, 0) is 14.3 Å². The number of carbonyl (C=O) groups excluding carboxylic acids is 1. The lowest BCUT2D eigenvalue weighted by Gasteiger charge is -2.41. The van der Waals surface area contributed by atoms with Crippen LogP contribution in [-0.4, -0.2) is 50.3 Å². The zero-order chi connectivity index (χ0) is 16.3. The first kappa shape index (κ1) is 16.4. The molecule has 1 amide bonds. The average molecular weight is 322 g/mol. The molecule has 0 radical (unpaired) electrons. The molecule has 3 rings (SSSR count). The van der Waals surface area contributed by atoms with E-state index in [1.54, 1.807) is 6.07 Å². The predicted octanol–water partition coefficient (Wildman–Crippen LogP) is 1.48. The van der Waals surface area contributed by atoms with Gasteiger partial charge in [0.1, 0.15) is 11.9 Å². The highest BCUT2D eigenvalue weighted by molar-refractivity contribution is 5.83. The number of benzene rings is 1. The highest BCUT2D eigenvalue weighted by Crippen LogP contribution is 2.33. The summed E-state index contributed by atoms with van der Waals surface area (Å²) in [6.07, 6.45) is 1.02. The number of nitrogens with two attached hydrogens (primary N) is 1. The van der Waals surface area contributed by atoms with Crippen LogP contribution < -0.4 is 5.73 Å². The third-order valence-electron chi connectivity index (χ3n) is 4.87. The van der Waals surface area contributed by atoms with E-state index in [-0.39, 0.29) is 17.8 Å². The number of rotatable bonds is 3. The van der Waals surface area contributed by atoms with Crippen LogP contribution in [0.3, 0.4) is 0 Å². The summed E-state index contributed by atoms with van der Waals surface area (Å²) in [5.74, 6) is -0.217. The number of amides is 1. The molecule has 6 heteroatoms. The maximum atomic E-state index is 13.4. The van der Waals surface area contributed by atoms with E-state index in [0.29, 0.717) is 52.3 Å². The number of nitrogens with zero attached hydrogens (tertiary/aromatic N) is 1. The van der Waals surface area contributed by atoms with E-state index in [1.165, 1.54) is 12.1 Å². The Bertz CT molecular complexity index is 561. The molecule has 1 unspecified atom stereocenters. The zero-order valence-corrected chi connectivity index (χ0v) is 13.2. The third kappa shape index (κ3) is 3.39. The summed E-state index contributed by atoms with van der Waals surface area (Å²) in [5, 5.41) is 0. The van der Waals surface area contributed by atoms with Crippen molar-refractivity contribution in [2.24, 2.45) is 11.1 Å². The molecule has 126 valence electrons. The first-order valence-corrected chi connectivity index (χ1v) is 8.09. The molecule has 2 N–H and O–H groups in total. The minimum atomic E-state index is -0.526. The second kappa shape index (κ2) is 6.95. The van der Waals surface area contributed by atoms with Gasteiger partial charge in [0.15, 0.2) is 0 Å². The van der Waals surface area contributed by atoms with E-state index in [9.17, 15) is 9.18 Å². The van der Waals surface area contributed by atoms with Gasteiger partial charge >= 0.3 is 0 Å². The molecule has 23 heavy (non-hydrogen) atoms. The number of ether oxygens (including phenoxy) is 2. The molecule has 1 aromatic rings. The molecule has 1 atom stereocenters. The minimum absolute atomic E-state index is 0.0769. The largest absolute Gasteiger partial charge is 0.381 e. The average Bonchev–Trinajstić information content (AvgIpc) is 2.62. The van der Waals surface area contributed by atoms with E-state index in [0.717, 1.165) is 5.56 Å². The number of halogens is 1. The Kier molecular flexibility index (Phi) is 4.94. The van der Waals surface area contributed by atoms with E-state index >= 15 is 0 Å². The fourth-order valence-electron chi connectivity index (χ4n) is 3.35. The molecule has 2 aliphatic heterocycles. The maximum absolute atomic E-state index is 13.4. The van der Waals surface area contributed by atoms with Gasteiger partial charge in [-0.05, 0) is 30.5 Å². The fourth-order valence-corrected chi connectivity index (χ4v) is 3.35. The molecule has 0 saturated carbocycles. The molecule has 1 aromatic carbocycles. The minimum Gasteiger partial charge on any atom is -0.381 e. The van der Waals surface area contributed by atoms with E-state index in [2.05, 4.69) is 0 Å². The van der Waals surface area contributed by atoms with Gasteiger partial charge in [0, 0.05) is 26.3 Å². The molecule has 2 fully saturated rings. The van der Waals surface area contributed by atoms with Crippen LogP contribution in [0.4, 0.5) is 4.39 Å². The summed E-state index contributed by atoms with van der Waals surface area (Å²) in [6, 6.07) is 6.36. The molecule has 2 heterocycles. The lowest BCUT2D eigenvalue weighted by Crippen LogP contribution is -2.54. The quantitative estimate of drug-likeness (QED) is 0.915. The van der Waals surface area contributed by atoms with Gasteiger partial charge in [-0.2, -0.15) is 0 Å². The van der Waals surface area contributed by atoms with Gasteiger partial charge < -0.3 is 20.1 Å². The van der Waals surface area contributed by atoms with Crippen molar-refractivity contribution in [1.29, 1.82) is 0 Å². The Labute approximate surface area is 135 Å². The Balaban J connectivity index is 1.74. The van der Waals surface area contributed by atoms with Crippen molar-refractivity contribution < 1.29 is 18.7 Å². The normalized spacial score (nSPS) is 24.4. The van der Waals surface area contributed by atoms with Gasteiger partial charge in [0.05, 0.1) is 18.6 Å². The lowest BCUT2D eigenvalue weighted by atomic mass is 9.78. The van der Waals surface area contributed by atoms with Crippen LogP contribution in [0.15, 0.2) is 24.3 Å². The van der Waals surface area contributed by atoms with E-state index < -0.39 is 5.41 Å². The van der Waals surface area contributed by atoms with Gasteiger partial charge in [-0.25, -0.2) is 4.39 Å². The second-order valence-corrected chi connectivity index (χ2v) is 6.26. The zero-order valence-electron chi connectivity index (χ0n) is 13.2. The fraction of sp³-hybridized carbons (Fsp3) is 0.588. The molecule has 0 spiro atoms. The molecule has 5 nitrogen and oxygen atoms in total. The van der Waals surface area contributed by atoms with Crippen LogP contribution >= 0.6 is 0 Å². The Morgan fingerprint density at radius 2 is 2.13 bits per heavy atom. The van der Waals surface area contributed by atoms with Crippen molar-refractivity contribution in [2.45, 2.75) is 18.9 Å². The predicted molar refractivity (Wildman–Crippen MR) is 83.2 cm³/mol. The van der Waals surface area contributed by atoms with Crippen LogP contribution in [0.5, 0.6) is 0 Å². The highest BCUT2D eigenvalue weighted by atomic mass is 19.1. The number of hydrogen-bond donors (Lipinski definition) is 1. The molecule has 0 aliphatic carbocycles. The second-order valence-electron chi connectivity index (χ2n) is 6.26. The lowest BCUT2D eigenvalue weighted by molar-refractivity contribution is -0.154.